The van der Waals surface area contributed by atoms with Crippen molar-refractivity contribution in [2.75, 3.05) is 12.8 Å². The van der Waals surface area contributed by atoms with Crippen molar-refractivity contribution in [2.45, 2.75) is 57.2 Å². The van der Waals surface area contributed by atoms with Crippen LogP contribution in [-0.2, 0) is 4.74 Å². The highest BCUT2D eigenvalue weighted by Crippen LogP contribution is 2.47. The number of aromatic hydroxyl groups is 1. The maximum absolute atomic E-state index is 15.4. The lowest BCUT2D eigenvalue weighted by molar-refractivity contribution is 0.00865. The number of hydrogen-bond acceptors (Lipinski definition) is 7. The van der Waals surface area contributed by atoms with E-state index in [1.807, 2.05) is 13.8 Å². The molecular weight excluding hydrogens is 549 g/mol. The maximum Gasteiger partial charge on any atom is 0.410 e. The fourth-order valence-electron chi connectivity index (χ4n) is 4.87. The average Bonchev–Trinajstić information content (AvgIpc) is 3.46. The summed E-state index contributed by atoms with van der Waals surface area (Å²) in [7, 11) is 0. The number of hydrogen-bond donors (Lipinski definition) is 1. The SMILES string of the molecule is CSc1cc(F)cc(F)c1-c1c(-c2cc3n(n2)[C@@H](C)CN(C(=O)OC(C)(C)C)[C@@H]3C)nc(O)c2scc(F)c12. The van der Waals surface area contributed by atoms with Crippen LogP contribution < -0.4 is 0 Å². The molecule has 0 saturated heterocycles. The Hall–Kier alpha value is -3.25. The average molecular weight is 577 g/mol. The number of carbonyl (C=O) groups excluding carboxylic acids is 1. The summed E-state index contributed by atoms with van der Waals surface area (Å²) in [5.74, 6) is -2.74. The van der Waals surface area contributed by atoms with Crippen molar-refractivity contribution in [1.29, 1.82) is 0 Å². The van der Waals surface area contributed by atoms with Crippen LogP contribution in [0.1, 0.15) is 52.4 Å². The zero-order valence-electron chi connectivity index (χ0n) is 22.2. The number of ether oxygens (including phenoxy) is 1. The highest BCUT2D eigenvalue weighted by atomic mass is 32.2. The molecule has 206 valence electrons. The Kier molecular flexibility index (Phi) is 6.82. The number of thiophene rings is 1. The number of aromatic nitrogens is 3. The Morgan fingerprint density at radius 1 is 1.15 bits per heavy atom. The Bertz CT molecular complexity index is 1610. The molecule has 0 aliphatic carbocycles. The lowest BCUT2D eigenvalue weighted by Crippen LogP contribution is -2.45. The molecule has 0 unspecified atom stereocenters. The van der Waals surface area contributed by atoms with E-state index in [9.17, 15) is 14.3 Å². The molecule has 12 heteroatoms. The van der Waals surface area contributed by atoms with Gasteiger partial charge in [-0.15, -0.1) is 23.1 Å². The van der Waals surface area contributed by atoms with Crippen LogP contribution in [0.5, 0.6) is 5.88 Å². The van der Waals surface area contributed by atoms with Gasteiger partial charge in [-0.1, -0.05) is 0 Å². The molecule has 0 saturated carbocycles. The van der Waals surface area contributed by atoms with Gasteiger partial charge in [-0.3, -0.25) is 9.58 Å². The second-order valence-corrected chi connectivity index (χ2v) is 12.2. The molecule has 2 atom stereocenters. The lowest BCUT2D eigenvalue weighted by Gasteiger charge is -2.38. The van der Waals surface area contributed by atoms with E-state index in [-0.39, 0.29) is 43.5 Å². The van der Waals surface area contributed by atoms with Gasteiger partial charge in [0, 0.05) is 39.4 Å². The van der Waals surface area contributed by atoms with Crippen LogP contribution in [0.3, 0.4) is 0 Å². The number of amides is 1. The predicted molar refractivity (Wildman–Crippen MR) is 146 cm³/mol. The Morgan fingerprint density at radius 2 is 1.87 bits per heavy atom. The van der Waals surface area contributed by atoms with Gasteiger partial charge in [0.25, 0.3) is 0 Å². The number of carbonyl (C=O) groups is 1. The molecule has 1 N–H and O–H groups in total. The monoisotopic (exact) mass is 576 g/mol. The largest absolute Gasteiger partial charge is 0.492 e. The molecule has 4 heterocycles. The molecule has 1 aliphatic heterocycles. The van der Waals surface area contributed by atoms with E-state index in [4.69, 9.17) is 9.84 Å². The van der Waals surface area contributed by atoms with E-state index < -0.39 is 41.1 Å². The summed E-state index contributed by atoms with van der Waals surface area (Å²) < 4.78 is 52.3. The Labute approximate surface area is 231 Å². The zero-order chi connectivity index (χ0) is 28.4. The van der Waals surface area contributed by atoms with Gasteiger partial charge in [-0.25, -0.2) is 22.9 Å². The van der Waals surface area contributed by atoms with E-state index in [1.54, 1.807) is 42.7 Å². The van der Waals surface area contributed by atoms with Gasteiger partial charge in [-0.2, -0.15) is 5.10 Å². The minimum Gasteiger partial charge on any atom is -0.492 e. The number of benzene rings is 1. The van der Waals surface area contributed by atoms with Gasteiger partial charge >= 0.3 is 6.09 Å². The first-order valence-electron chi connectivity index (χ1n) is 12.2. The van der Waals surface area contributed by atoms with Crippen LogP contribution in [0.2, 0.25) is 0 Å². The molecule has 4 aromatic rings. The van der Waals surface area contributed by atoms with Crippen LogP contribution in [-0.4, -0.2) is 49.3 Å². The first kappa shape index (κ1) is 27.3. The third-order valence-corrected chi connectivity index (χ3v) is 8.26. The third-order valence-electron chi connectivity index (χ3n) is 6.55. The van der Waals surface area contributed by atoms with Crippen molar-refractivity contribution in [3.63, 3.8) is 0 Å². The topological polar surface area (TPSA) is 80.5 Å². The van der Waals surface area contributed by atoms with Gasteiger partial charge in [-0.05, 0) is 53.0 Å². The zero-order valence-corrected chi connectivity index (χ0v) is 23.8. The van der Waals surface area contributed by atoms with Crippen LogP contribution >= 0.6 is 23.1 Å². The molecule has 1 aromatic carbocycles. The number of rotatable bonds is 3. The molecule has 1 aliphatic rings. The second kappa shape index (κ2) is 9.74. The number of halogens is 3. The molecule has 0 spiro atoms. The summed E-state index contributed by atoms with van der Waals surface area (Å²) in [5.41, 5.74) is 0.330. The molecule has 3 aromatic heterocycles. The van der Waals surface area contributed by atoms with Crippen LogP contribution in [0.4, 0.5) is 18.0 Å². The molecule has 1 amide bonds. The molecule has 7 nitrogen and oxygen atoms in total. The van der Waals surface area contributed by atoms with Gasteiger partial charge in [0.1, 0.15) is 34.4 Å². The van der Waals surface area contributed by atoms with Gasteiger partial charge in [0.15, 0.2) is 0 Å². The third kappa shape index (κ3) is 4.73. The van der Waals surface area contributed by atoms with Crippen molar-refractivity contribution in [3.05, 3.63) is 46.7 Å². The van der Waals surface area contributed by atoms with E-state index in [0.717, 1.165) is 29.2 Å². The molecule has 5 rings (SSSR count). The summed E-state index contributed by atoms with van der Waals surface area (Å²) >= 11 is 2.04. The standard InChI is InChI=1S/C27H27F3N4O3S2/c1-12-10-33(26(36)37-27(3,4)5)13(2)18-9-17(32-34(12)18)23-22(20-15(29)7-14(28)8-19(20)38-6)21-16(30)11-39-24(21)25(35)31-23/h7-9,11-13H,10H2,1-6H3,(H,31,35)/t12-,13+/m0/s1. The molecule has 0 fully saturated rings. The van der Waals surface area contributed by atoms with Crippen molar-refractivity contribution in [1.82, 2.24) is 19.7 Å². The fourth-order valence-corrected chi connectivity index (χ4v) is 6.31. The minimum absolute atomic E-state index is 0.0224. The highest BCUT2D eigenvalue weighted by molar-refractivity contribution is 7.98. The molecule has 0 radical (unpaired) electrons. The number of pyridine rings is 1. The van der Waals surface area contributed by atoms with E-state index in [2.05, 4.69) is 4.98 Å². The van der Waals surface area contributed by atoms with Gasteiger partial charge in [0.2, 0.25) is 5.88 Å². The Balaban J connectivity index is 1.73. The summed E-state index contributed by atoms with van der Waals surface area (Å²) in [5, 5.41) is 16.6. The normalized spacial score (nSPS) is 17.5. The summed E-state index contributed by atoms with van der Waals surface area (Å²) in [6.45, 7) is 9.44. The second-order valence-electron chi connectivity index (χ2n) is 10.5. The highest BCUT2D eigenvalue weighted by Gasteiger charge is 2.36. The summed E-state index contributed by atoms with van der Waals surface area (Å²) in [6.07, 6.45) is 1.20. The first-order valence-corrected chi connectivity index (χ1v) is 14.3. The molecule has 39 heavy (non-hydrogen) atoms. The Morgan fingerprint density at radius 3 is 2.54 bits per heavy atom. The lowest BCUT2D eigenvalue weighted by atomic mass is 9.97. The number of nitrogens with zero attached hydrogens (tertiary/aromatic N) is 4. The molecular formula is C27H27F3N4O3S2. The number of thioether (sulfide) groups is 1. The van der Waals surface area contributed by atoms with E-state index in [1.165, 1.54) is 11.4 Å². The quantitative estimate of drug-likeness (QED) is 0.254. The van der Waals surface area contributed by atoms with Crippen molar-refractivity contribution in [2.24, 2.45) is 0 Å². The van der Waals surface area contributed by atoms with E-state index in [0.29, 0.717) is 12.2 Å². The smallest absolute Gasteiger partial charge is 0.410 e. The van der Waals surface area contributed by atoms with Crippen LogP contribution in [0.15, 0.2) is 28.5 Å². The first-order chi connectivity index (χ1) is 18.3. The van der Waals surface area contributed by atoms with Gasteiger partial charge < -0.3 is 9.84 Å². The van der Waals surface area contributed by atoms with Crippen molar-refractivity contribution >= 4 is 39.3 Å². The van der Waals surface area contributed by atoms with Crippen LogP contribution in [0, 0.1) is 17.5 Å². The van der Waals surface area contributed by atoms with E-state index >= 15 is 8.78 Å². The molecule has 0 bridgehead atoms. The summed E-state index contributed by atoms with van der Waals surface area (Å²) in [6, 6.07) is 2.93. The summed E-state index contributed by atoms with van der Waals surface area (Å²) in [4.78, 5) is 19.1. The fraction of sp³-hybridized carbons (Fsp3) is 0.370. The van der Waals surface area contributed by atoms with Crippen molar-refractivity contribution < 1.29 is 27.8 Å². The van der Waals surface area contributed by atoms with Crippen LogP contribution in [0.25, 0.3) is 32.6 Å². The minimum atomic E-state index is -0.887. The predicted octanol–water partition coefficient (Wildman–Crippen LogP) is 7.54. The maximum atomic E-state index is 15.4. The van der Waals surface area contributed by atoms with Gasteiger partial charge in [0.05, 0.1) is 22.5 Å². The number of fused-ring (bicyclic) bond motifs is 2. The van der Waals surface area contributed by atoms with Crippen molar-refractivity contribution in [3.8, 4) is 28.4 Å².